The number of methoxy groups -OCH3 is 1. The summed E-state index contributed by atoms with van der Waals surface area (Å²) in [6.07, 6.45) is 10.8. The summed E-state index contributed by atoms with van der Waals surface area (Å²) in [6.45, 7) is 2.24. The van der Waals surface area contributed by atoms with Gasteiger partial charge in [0.2, 0.25) is 5.91 Å². The second-order valence-corrected chi connectivity index (χ2v) is 12.6. The van der Waals surface area contributed by atoms with E-state index in [0.717, 1.165) is 50.1 Å². The predicted molar refractivity (Wildman–Crippen MR) is 144 cm³/mol. The van der Waals surface area contributed by atoms with E-state index >= 15 is 0 Å². The number of piperidine rings is 1. The van der Waals surface area contributed by atoms with Crippen LogP contribution in [0, 0.1) is 11.3 Å². The molecule has 4 saturated carbocycles. The van der Waals surface area contributed by atoms with E-state index in [-0.39, 0.29) is 34.6 Å². The van der Waals surface area contributed by atoms with Crippen LogP contribution in [0.15, 0.2) is 48.5 Å². The molecule has 2 N–H and O–H groups in total. The van der Waals surface area contributed by atoms with Gasteiger partial charge in [-0.25, -0.2) is 0 Å². The molecule has 2 aliphatic heterocycles. The number of likely N-dealkylation sites (tertiary alicyclic amines) is 1. The van der Waals surface area contributed by atoms with Crippen molar-refractivity contribution in [2.45, 2.75) is 74.1 Å². The fraction of sp³-hybridized carbons (Fsp3) is 0.531. The van der Waals surface area contributed by atoms with Crippen LogP contribution in [0.4, 0.5) is 0 Å². The van der Waals surface area contributed by atoms with Crippen molar-refractivity contribution in [3.63, 3.8) is 0 Å². The number of fused-ring (bicyclic) bond motifs is 2. The maximum atomic E-state index is 13.3. The molecule has 7 aliphatic rings. The Balaban J connectivity index is 1.22. The summed E-state index contributed by atoms with van der Waals surface area (Å²) in [5, 5.41) is 14.4. The summed E-state index contributed by atoms with van der Waals surface area (Å²) in [4.78, 5) is 16.1. The first-order valence-corrected chi connectivity index (χ1v) is 14.4. The largest absolute Gasteiger partial charge is 0.504 e. The average Bonchev–Trinajstić information content (AvgIpc) is 3.68. The second kappa shape index (κ2) is 7.86. The number of phenols is 1. The van der Waals surface area contributed by atoms with Gasteiger partial charge in [0.25, 0.3) is 0 Å². The highest BCUT2D eigenvalue weighted by Crippen LogP contribution is 2.75. The van der Waals surface area contributed by atoms with Gasteiger partial charge in [-0.1, -0.05) is 36.4 Å². The van der Waals surface area contributed by atoms with Crippen LogP contribution in [-0.2, 0) is 21.4 Å². The first kappa shape index (κ1) is 23.1. The third-order valence-corrected chi connectivity index (χ3v) is 11.2. The predicted octanol–water partition coefficient (Wildman–Crippen LogP) is 4.20. The van der Waals surface area contributed by atoms with E-state index < -0.39 is 5.60 Å². The van der Waals surface area contributed by atoms with Gasteiger partial charge in [0.1, 0.15) is 11.7 Å². The Hall–Kier alpha value is -2.83. The van der Waals surface area contributed by atoms with Crippen LogP contribution in [0.1, 0.15) is 55.2 Å². The summed E-state index contributed by atoms with van der Waals surface area (Å²) in [5.41, 5.74) is 2.75. The van der Waals surface area contributed by atoms with Crippen LogP contribution in [0.3, 0.4) is 0 Å². The zero-order valence-electron chi connectivity index (χ0n) is 22.0. The number of carbonyl (C=O) groups is 1. The van der Waals surface area contributed by atoms with Gasteiger partial charge in [-0.05, 0) is 80.7 Å². The molecule has 38 heavy (non-hydrogen) atoms. The third-order valence-electron chi connectivity index (χ3n) is 11.2. The number of rotatable bonds is 6. The van der Waals surface area contributed by atoms with Gasteiger partial charge in [-0.2, -0.15) is 0 Å². The van der Waals surface area contributed by atoms with E-state index in [4.69, 9.17) is 9.47 Å². The number of phenolic OH excluding ortho intramolecular Hbond substituents is 1. The number of nitrogens with zero attached hydrogens (tertiary/aromatic N) is 1. The first-order valence-electron chi connectivity index (χ1n) is 14.4. The SMILES string of the molecule is CO[C@]12CC[C@@]3(C[C@@H]1NC(=O)/C=C/c1ccccc1)[C@H]1Cc4ccc(O)c5c4[C@@]3(CCN1CC1CC1)[C@H]2O5. The third kappa shape index (κ3) is 2.83. The maximum absolute atomic E-state index is 13.3. The molecule has 2 aromatic rings. The molecule has 0 radical (unpaired) electrons. The highest BCUT2D eigenvalue weighted by atomic mass is 16.6. The van der Waals surface area contributed by atoms with Crippen molar-refractivity contribution < 1.29 is 19.4 Å². The Morgan fingerprint density at radius 3 is 2.82 bits per heavy atom. The molecule has 9 rings (SSSR count). The molecule has 6 nitrogen and oxygen atoms in total. The van der Waals surface area contributed by atoms with Gasteiger partial charge in [-0.15, -0.1) is 0 Å². The van der Waals surface area contributed by atoms with E-state index in [1.807, 2.05) is 42.5 Å². The van der Waals surface area contributed by atoms with Gasteiger partial charge < -0.3 is 19.9 Å². The van der Waals surface area contributed by atoms with E-state index in [0.29, 0.717) is 11.8 Å². The molecule has 198 valence electrons. The lowest BCUT2D eigenvalue weighted by Gasteiger charge is -2.73. The van der Waals surface area contributed by atoms with Crippen molar-refractivity contribution >= 4 is 12.0 Å². The van der Waals surface area contributed by atoms with Gasteiger partial charge >= 0.3 is 0 Å². The summed E-state index contributed by atoms with van der Waals surface area (Å²) in [6, 6.07) is 14.1. The molecule has 4 bridgehead atoms. The minimum Gasteiger partial charge on any atom is -0.504 e. The zero-order valence-corrected chi connectivity index (χ0v) is 22.0. The fourth-order valence-corrected chi connectivity index (χ4v) is 9.51. The molecule has 5 aliphatic carbocycles. The molecular weight excluding hydrogens is 476 g/mol. The fourth-order valence-electron chi connectivity index (χ4n) is 9.51. The standard InChI is InChI=1S/C32H36N2O4/c1-37-32-14-13-30(18-24(32)33-26(36)12-9-20-5-3-2-4-6-20)25-17-22-10-11-23(35)28-27(22)31(30,29(32)38-28)15-16-34(25)19-21-7-8-21/h2-6,9-12,21,24-25,29,35H,7-8,13-19H2,1H3,(H,33,36)/b12-9+/t24-,25+,29+,30+,31-,32+/m0/s1. The summed E-state index contributed by atoms with van der Waals surface area (Å²) < 4.78 is 13.3. The van der Waals surface area contributed by atoms with Crippen molar-refractivity contribution in [2.24, 2.45) is 11.3 Å². The van der Waals surface area contributed by atoms with Crippen LogP contribution < -0.4 is 10.1 Å². The molecule has 5 fully saturated rings. The van der Waals surface area contributed by atoms with Crippen molar-refractivity contribution in [2.75, 3.05) is 20.2 Å². The highest BCUT2D eigenvalue weighted by Gasteiger charge is 2.80. The quantitative estimate of drug-likeness (QED) is 0.568. The van der Waals surface area contributed by atoms with Crippen molar-refractivity contribution in [3.8, 4) is 11.5 Å². The van der Waals surface area contributed by atoms with E-state index in [1.165, 1.54) is 30.5 Å². The maximum Gasteiger partial charge on any atom is 0.244 e. The normalized spacial score (nSPS) is 38.2. The first-order chi connectivity index (χ1) is 18.5. The second-order valence-electron chi connectivity index (χ2n) is 12.6. The summed E-state index contributed by atoms with van der Waals surface area (Å²) >= 11 is 0. The Kier molecular flexibility index (Phi) is 4.77. The van der Waals surface area contributed by atoms with E-state index in [1.54, 1.807) is 13.2 Å². The minimum absolute atomic E-state index is 0.0157. The lowest BCUT2D eigenvalue weighted by Crippen LogP contribution is -2.83. The molecule has 6 atom stereocenters. The molecular formula is C32H36N2O4. The molecule has 2 heterocycles. The van der Waals surface area contributed by atoms with E-state index in [2.05, 4.69) is 16.3 Å². The number of carbonyl (C=O) groups excluding carboxylic acids is 1. The molecule has 1 saturated heterocycles. The monoisotopic (exact) mass is 512 g/mol. The van der Waals surface area contributed by atoms with Crippen molar-refractivity contribution in [3.05, 3.63) is 65.2 Å². The van der Waals surface area contributed by atoms with E-state index in [9.17, 15) is 9.90 Å². The number of nitrogens with one attached hydrogen (secondary N) is 1. The van der Waals surface area contributed by atoms with Crippen molar-refractivity contribution in [1.82, 2.24) is 10.2 Å². The number of ether oxygens (including phenoxy) is 2. The summed E-state index contributed by atoms with van der Waals surface area (Å²) in [5.74, 6) is 1.64. The topological polar surface area (TPSA) is 71.0 Å². The lowest BCUT2D eigenvalue weighted by molar-refractivity contribution is -0.263. The molecule has 0 unspecified atom stereocenters. The van der Waals surface area contributed by atoms with Gasteiger partial charge in [0, 0.05) is 42.2 Å². The Bertz CT molecular complexity index is 1340. The molecule has 2 aromatic carbocycles. The number of hydrogen-bond acceptors (Lipinski definition) is 5. The molecule has 1 amide bonds. The van der Waals surface area contributed by atoms with Crippen molar-refractivity contribution in [1.29, 1.82) is 0 Å². The Morgan fingerprint density at radius 2 is 2.03 bits per heavy atom. The Morgan fingerprint density at radius 1 is 1.18 bits per heavy atom. The number of amides is 1. The number of aromatic hydroxyl groups is 1. The van der Waals surface area contributed by atoms with Crippen LogP contribution in [0.25, 0.3) is 6.08 Å². The van der Waals surface area contributed by atoms with Crippen LogP contribution in [0.5, 0.6) is 11.5 Å². The molecule has 6 heteroatoms. The lowest BCUT2D eigenvalue weighted by atomic mass is 9.35. The van der Waals surface area contributed by atoms with Gasteiger partial charge in [-0.3, -0.25) is 9.69 Å². The molecule has 2 spiro atoms. The smallest absolute Gasteiger partial charge is 0.244 e. The van der Waals surface area contributed by atoms with Crippen LogP contribution in [-0.4, -0.2) is 59.9 Å². The van der Waals surface area contributed by atoms with Crippen LogP contribution in [0.2, 0.25) is 0 Å². The highest BCUT2D eigenvalue weighted by molar-refractivity contribution is 5.92. The number of benzene rings is 2. The molecule has 0 aromatic heterocycles. The van der Waals surface area contributed by atoms with Crippen LogP contribution >= 0.6 is 0 Å². The number of hydrogen-bond donors (Lipinski definition) is 2. The Labute approximate surface area is 224 Å². The zero-order chi connectivity index (χ0) is 25.7. The van der Waals surface area contributed by atoms with Gasteiger partial charge in [0.15, 0.2) is 11.5 Å². The van der Waals surface area contributed by atoms with Gasteiger partial charge in [0.05, 0.1) is 6.04 Å². The average molecular weight is 513 g/mol. The summed E-state index contributed by atoms with van der Waals surface area (Å²) in [7, 11) is 1.78. The minimum atomic E-state index is -0.638.